The van der Waals surface area contributed by atoms with Crippen LogP contribution >= 0.6 is 0 Å². The second-order valence-corrected chi connectivity index (χ2v) is 7.85. The molecule has 0 unspecified atom stereocenters. The monoisotopic (exact) mass is 433 g/mol. The number of carbonyl (C=O) groups is 1. The van der Waals surface area contributed by atoms with Gasteiger partial charge in [0.1, 0.15) is 0 Å². The molecule has 1 amide bonds. The van der Waals surface area contributed by atoms with E-state index in [1.807, 2.05) is 31.2 Å². The summed E-state index contributed by atoms with van der Waals surface area (Å²) in [5.74, 6) is -0.585. The van der Waals surface area contributed by atoms with E-state index in [2.05, 4.69) is 10.00 Å². The van der Waals surface area contributed by atoms with Crippen molar-refractivity contribution >= 4 is 33.5 Å². The maximum absolute atomic E-state index is 13.4. The molecule has 0 atom stereocenters. The number of rotatable bonds is 3. The van der Waals surface area contributed by atoms with E-state index in [1.54, 1.807) is 30.1 Å². The Labute approximate surface area is 183 Å². The lowest BCUT2D eigenvalue weighted by Crippen LogP contribution is -2.49. The minimum Gasteiger partial charge on any atom is -0.405 e. The highest BCUT2D eigenvalue weighted by Gasteiger charge is 2.27. The number of hydrogen-bond acceptors (Lipinski definition) is 6. The second kappa shape index (κ2) is 7.67. The van der Waals surface area contributed by atoms with Gasteiger partial charge in [0.15, 0.2) is 11.3 Å². The molecule has 2 aromatic carbocycles. The quantitative estimate of drug-likeness (QED) is 0.489. The van der Waals surface area contributed by atoms with Crippen molar-refractivity contribution in [3.8, 4) is 0 Å². The number of nitrogens with zero attached hydrogens (tertiary/aromatic N) is 5. The Morgan fingerprint density at radius 3 is 2.44 bits per heavy atom. The summed E-state index contributed by atoms with van der Waals surface area (Å²) in [6.45, 7) is 4.40. The molecule has 0 saturated carbocycles. The summed E-state index contributed by atoms with van der Waals surface area (Å²) < 4.78 is 8.28. The van der Waals surface area contributed by atoms with Crippen LogP contribution in [0.3, 0.4) is 0 Å². The van der Waals surface area contributed by atoms with Crippen LogP contribution in [0.1, 0.15) is 17.4 Å². The van der Waals surface area contributed by atoms with Gasteiger partial charge in [-0.05, 0) is 25.1 Å². The lowest BCUT2D eigenvalue weighted by Gasteiger charge is -2.36. The van der Waals surface area contributed by atoms with Crippen LogP contribution in [0.4, 0.5) is 5.69 Å². The molecule has 0 radical (unpaired) electrons. The summed E-state index contributed by atoms with van der Waals surface area (Å²) in [4.78, 5) is 41.8. The van der Waals surface area contributed by atoms with E-state index in [0.29, 0.717) is 54.8 Å². The minimum absolute atomic E-state index is 0.187. The fraction of sp³-hybridized carbons (Fsp3) is 0.304. The van der Waals surface area contributed by atoms with Crippen molar-refractivity contribution in [1.82, 2.24) is 19.2 Å². The van der Waals surface area contributed by atoms with Crippen molar-refractivity contribution < 1.29 is 9.21 Å². The first-order valence-electron chi connectivity index (χ1n) is 10.6. The van der Waals surface area contributed by atoms with E-state index < -0.39 is 5.76 Å². The Hall–Kier alpha value is -3.88. The largest absolute Gasteiger partial charge is 0.419 e. The van der Waals surface area contributed by atoms with Crippen molar-refractivity contribution in [3.63, 3.8) is 0 Å². The van der Waals surface area contributed by atoms with E-state index in [0.717, 1.165) is 11.2 Å². The maximum atomic E-state index is 13.4. The standard InChI is InChI=1S/C23H23N5O4/c1-3-28-21(29)16-8-5-4-7-15(16)19(24-28)22(30)27-13-11-26(12-14-27)18-10-6-9-17-20(18)32-23(31)25(17)2/h4-10H,3,11-14H2,1-2H3. The number of hydrogen-bond donors (Lipinski definition) is 0. The molecule has 1 saturated heterocycles. The fourth-order valence-corrected chi connectivity index (χ4v) is 4.29. The number of benzene rings is 2. The Morgan fingerprint density at radius 2 is 1.72 bits per heavy atom. The number of aromatic nitrogens is 3. The molecule has 3 heterocycles. The molecule has 164 valence electrons. The zero-order valence-corrected chi connectivity index (χ0v) is 17.9. The first kappa shape index (κ1) is 20.0. The van der Waals surface area contributed by atoms with Gasteiger partial charge in [-0.15, -0.1) is 0 Å². The van der Waals surface area contributed by atoms with E-state index in [9.17, 15) is 14.4 Å². The Kier molecular flexibility index (Phi) is 4.80. The maximum Gasteiger partial charge on any atom is 0.419 e. The highest BCUT2D eigenvalue weighted by molar-refractivity contribution is 6.04. The summed E-state index contributed by atoms with van der Waals surface area (Å²) >= 11 is 0. The Morgan fingerprint density at radius 1 is 1.00 bits per heavy atom. The molecular weight excluding hydrogens is 410 g/mol. The summed E-state index contributed by atoms with van der Waals surface area (Å²) in [6, 6.07) is 12.8. The van der Waals surface area contributed by atoms with Crippen molar-refractivity contribution in [2.45, 2.75) is 13.5 Å². The first-order valence-corrected chi connectivity index (χ1v) is 10.6. The van der Waals surface area contributed by atoms with E-state index in [1.165, 1.54) is 9.25 Å². The van der Waals surface area contributed by atoms with Gasteiger partial charge in [-0.25, -0.2) is 9.48 Å². The van der Waals surface area contributed by atoms with Crippen LogP contribution in [-0.2, 0) is 13.6 Å². The van der Waals surface area contributed by atoms with Crippen LogP contribution in [0.25, 0.3) is 21.9 Å². The van der Waals surface area contributed by atoms with Gasteiger partial charge in [-0.2, -0.15) is 5.10 Å². The van der Waals surface area contributed by atoms with E-state index >= 15 is 0 Å². The van der Waals surface area contributed by atoms with Gasteiger partial charge in [-0.1, -0.05) is 24.3 Å². The predicted molar refractivity (Wildman–Crippen MR) is 121 cm³/mol. The molecule has 5 rings (SSSR count). The molecule has 0 aliphatic carbocycles. The topological polar surface area (TPSA) is 93.6 Å². The van der Waals surface area contributed by atoms with Crippen molar-refractivity contribution in [3.05, 3.63) is 69.1 Å². The summed E-state index contributed by atoms with van der Waals surface area (Å²) in [5, 5.41) is 5.44. The van der Waals surface area contributed by atoms with Gasteiger partial charge in [-0.3, -0.25) is 14.2 Å². The SMILES string of the molecule is CCn1nc(C(=O)N2CCN(c3cccc4c3oc(=O)n4C)CC2)c2ccccc2c1=O. The third-order valence-corrected chi connectivity index (χ3v) is 6.08. The van der Waals surface area contributed by atoms with Gasteiger partial charge in [0.05, 0.1) is 16.6 Å². The number of fused-ring (bicyclic) bond motifs is 2. The molecule has 0 spiro atoms. The number of para-hydroxylation sites is 1. The third-order valence-electron chi connectivity index (χ3n) is 6.08. The highest BCUT2D eigenvalue weighted by Crippen LogP contribution is 2.27. The molecular formula is C23H23N5O4. The zero-order chi connectivity index (χ0) is 22.4. The fourth-order valence-electron chi connectivity index (χ4n) is 4.29. The number of piperazine rings is 1. The van der Waals surface area contributed by atoms with Crippen LogP contribution in [-0.4, -0.2) is 51.3 Å². The van der Waals surface area contributed by atoms with Crippen molar-refractivity contribution in [2.75, 3.05) is 31.1 Å². The predicted octanol–water partition coefficient (Wildman–Crippen LogP) is 1.82. The van der Waals surface area contributed by atoms with Gasteiger partial charge >= 0.3 is 5.76 Å². The van der Waals surface area contributed by atoms with E-state index in [4.69, 9.17) is 4.42 Å². The second-order valence-electron chi connectivity index (χ2n) is 7.85. The average Bonchev–Trinajstić information content (AvgIpc) is 3.13. The average molecular weight is 433 g/mol. The van der Waals surface area contributed by atoms with Crippen LogP contribution in [0.15, 0.2) is 56.5 Å². The smallest absolute Gasteiger partial charge is 0.405 e. The summed E-state index contributed by atoms with van der Waals surface area (Å²) in [6.07, 6.45) is 0. The van der Waals surface area contributed by atoms with Gasteiger partial charge in [0, 0.05) is 45.2 Å². The number of oxazole rings is 1. The third kappa shape index (κ3) is 3.08. The van der Waals surface area contributed by atoms with Crippen LogP contribution in [0.5, 0.6) is 0 Å². The highest BCUT2D eigenvalue weighted by atomic mass is 16.4. The summed E-state index contributed by atoms with van der Waals surface area (Å²) in [7, 11) is 1.68. The molecule has 32 heavy (non-hydrogen) atoms. The van der Waals surface area contributed by atoms with Gasteiger partial charge in [0.25, 0.3) is 11.5 Å². The lowest BCUT2D eigenvalue weighted by atomic mass is 10.1. The minimum atomic E-state index is -0.398. The normalized spacial score (nSPS) is 14.4. The molecule has 0 N–H and O–H groups in total. The number of anilines is 1. The molecule has 2 aromatic heterocycles. The van der Waals surface area contributed by atoms with Gasteiger partial charge in [0.2, 0.25) is 0 Å². The Balaban J connectivity index is 1.43. The lowest BCUT2D eigenvalue weighted by molar-refractivity contribution is 0.0740. The summed E-state index contributed by atoms with van der Waals surface area (Å²) in [5.41, 5.74) is 2.25. The molecule has 0 bridgehead atoms. The van der Waals surface area contributed by atoms with Crippen molar-refractivity contribution in [2.24, 2.45) is 7.05 Å². The molecule has 4 aromatic rings. The number of aryl methyl sites for hydroxylation is 2. The number of carbonyl (C=O) groups excluding carboxylic acids is 1. The molecule has 1 aliphatic heterocycles. The molecule has 9 nitrogen and oxygen atoms in total. The molecule has 1 aliphatic rings. The molecule has 9 heteroatoms. The van der Waals surface area contributed by atoms with Crippen molar-refractivity contribution in [1.29, 1.82) is 0 Å². The van der Waals surface area contributed by atoms with Crippen LogP contribution in [0, 0.1) is 0 Å². The Bertz CT molecular complexity index is 1460. The van der Waals surface area contributed by atoms with E-state index in [-0.39, 0.29) is 11.5 Å². The van der Waals surface area contributed by atoms with Crippen LogP contribution in [0.2, 0.25) is 0 Å². The first-order chi connectivity index (χ1) is 15.5. The zero-order valence-electron chi connectivity index (χ0n) is 17.9. The molecule has 1 fully saturated rings. The van der Waals surface area contributed by atoms with Crippen LogP contribution < -0.4 is 16.2 Å². The van der Waals surface area contributed by atoms with Gasteiger partial charge < -0.3 is 14.2 Å². The number of amides is 1.